The van der Waals surface area contributed by atoms with Crippen molar-refractivity contribution in [3.05, 3.63) is 71.1 Å². The monoisotopic (exact) mass is 815 g/mol. The highest BCUT2D eigenvalue weighted by atomic mass is 16.6. The number of aliphatic hydroxyl groups is 3. The van der Waals surface area contributed by atoms with Crippen molar-refractivity contribution in [3.63, 3.8) is 0 Å². The second-order valence-corrected chi connectivity index (χ2v) is 14.6. The van der Waals surface area contributed by atoms with Crippen LogP contribution in [0.1, 0.15) is 100 Å². The number of rotatable bonds is 21. The smallest absolute Gasteiger partial charge is 0.416 e. The molecule has 14 nitrogen and oxygen atoms in total. The summed E-state index contributed by atoms with van der Waals surface area (Å²) in [4.78, 5) is 69.0. The lowest BCUT2D eigenvalue weighted by Gasteiger charge is -2.23. The number of pyridine rings is 1. The first-order chi connectivity index (χ1) is 28.3. The van der Waals surface area contributed by atoms with Crippen LogP contribution in [0.25, 0.3) is 0 Å². The number of unbranched alkanes of at least 4 members (excludes halogenated alkanes) is 1. The maximum absolute atomic E-state index is 13.2. The highest BCUT2D eigenvalue weighted by Gasteiger charge is 2.40. The van der Waals surface area contributed by atoms with Crippen LogP contribution in [-0.4, -0.2) is 91.5 Å². The van der Waals surface area contributed by atoms with E-state index in [1.54, 1.807) is 6.92 Å². The molecule has 1 aliphatic carbocycles. The Morgan fingerprint density at radius 3 is 2.12 bits per heavy atom. The van der Waals surface area contributed by atoms with E-state index in [0.717, 1.165) is 21.8 Å². The van der Waals surface area contributed by atoms with Crippen LogP contribution in [0.15, 0.2) is 48.7 Å². The number of aryl methyl sites for hydroxylation is 2. The average Bonchev–Trinajstić information content (AvgIpc) is 3.47. The van der Waals surface area contributed by atoms with Crippen LogP contribution < -0.4 is 4.74 Å². The summed E-state index contributed by atoms with van der Waals surface area (Å²) in [5.41, 5.74) is 1.79. The summed E-state index contributed by atoms with van der Waals surface area (Å²) < 4.78 is 16.6. The Balaban J connectivity index is 1.62. The van der Waals surface area contributed by atoms with Gasteiger partial charge in [-0.25, -0.2) is 19.4 Å². The van der Waals surface area contributed by atoms with E-state index in [1.807, 2.05) is 42.5 Å². The largest absolute Gasteiger partial charge is 0.444 e. The fourth-order valence-electron chi connectivity index (χ4n) is 6.94. The van der Waals surface area contributed by atoms with Crippen LogP contribution in [0.5, 0.6) is 5.75 Å². The first-order valence-electron chi connectivity index (χ1n) is 19.9. The predicted octanol–water partition coefficient (Wildman–Crippen LogP) is 5.56. The number of carbonyl (C=O) groups is 5. The number of amides is 4. The Labute approximate surface area is 346 Å². The molecule has 0 aliphatic heterocycles. The number of carbonyl (C=O) groups excluding carboxylic acids is 5. The molecular formula is C45H57N3O11. The van der Waals surface area contributed by atoms with E-state index in [-0.39, 0.29) is 66.8 Å². The molecule has 1 aromatic carbocycles. The average molecular weight is 816 g/mol. The highest BCUT2D eigenvalue weighted by molar-refractivity contribution is 5.91. The van der Waals surface area contributed by atoms with E-state index in [9.17, 15) is 39.3 Å². The van der Waals surface area contributed by atoms with Gasteiger partial charge < -0.3 is 29.5 Å². The van der Waals surface area contributed by atoms with Crippen molar-refractivity contribution in [2.45, 2.75) is 123 Å². The van der Waals surface area contributed by atoms with E-state index in [4.69, 9.17) is 27.1 Å². The van der Waals surface area contributed by atoms with Gasteiger partial charge in [0.05, 0.1) is 24.0 Å². The van der Waals surface area contributed by atoms with Gasteiger partial charge in [0.2, 0.25) is 11.8 Å². The van der Waals surface area contributed by atoms with Crippen molar-refractivity contribution >= 4 is 30.0 Å². The molecular weight excluding hydrogens is 759 g/mol. The number of aromatic nitrogens is 1. The Morgan fingerprint density at radius 1 is 0.898 bits per heavy atom. The van der Waals surface area contributed by atoms with E-state index in [2.05, 4.69) is 16.8 Å². The molecule has 3 N–H and O–H groups in total. The zero-order valence-electron chi connectivity index (χ0n) is 34.2. The van der Waals surface area contributed by atoms with Crippen molar-refractivity contribution in [2.75, 3.05) is 13.1 Å². The van der Waals surface area contributed by atoms with Crippen LogP contribution >= 0.6 is 0 Å². The maximum atomic E-state index is 13.2. The van der Waals surface area contributed by atoms with Gasteiger partial charge in [-0.3, -0.25) is 19.4 Å². The van der Waals surface area contributed by atoms with Crippen LogP contribution in [-0.2, 0) is 43.5 Å². The lowest BCUT2D eigenvalue weighted by atomic mass is 9.85. The van der Waals surface area contributed by atoms with Gasteiger partial charge in [-0.2, -0.15) is 0 Å². The van der Waals surface area contributed by atoms with E-state index in [1.165, 1.54) is 20.0 Å². The molecule has 1 aromatic heterocycles. The number of esters is 1. The lowest BCUT2D eigenvalue weighted by Crippen LogP contribution is -2.36. The standard InChI is InChI=1S/C45H57N3O11/c1-6-8-25-47(32(4)49)44(55)57-29-35-28-46-31(3)43(39(35)30-58-45(56)48(33(5)50)26-9-7-2)59-42(54)20-16-11-10-15-19-37-38(41(53)27-40(37)52)24-23-36(51)22-21-34-17-13-12-14-18-34/h1-2,10,12-15,17-18,28,36-38,40-41,51-53H,8-9,11,16,19-27,29-30H2,3-5H3/b15-10-/t36-,37+,38+,40-,41+/m0/s1. The molecule has 0 radical (unpaired) electrons. The molecule has 1 heterocycles. The number of hydrogen-bond donors (Lipinski definition) is 3. The number of terminal acetylenes is 2. The predicted molar refractivity (Wildman–Crippen MR) is 218 cm³/mol. The minimum atomic E-state index is -0.992. The summed E-state index contributed by atoms with van der Waals surface area (Å²) in [5, 5.41) is 32.0. The number of ether oxygens (including phenoxy) is 3. The maximum Gasteiger partial charge on any atom is 0.416 e. The fourth-order valence-corrected chi connectivity index (χ4v) is 6.94. The van der Waals surface area contributed by atoms with E-state index >= 15 is 0 Å². The number of imide groups is 2. The topological polar surface area (TPSA) is 193 Å². The van der Waals surface area contributed by atoms with Crippen molar-refractivity contribution in [1.82, 2.24) is 14.8 Å². The SMILES string of the molecule is C#CCCN(C(C)=O)C(=O)OCc1cnc(C)c(OC(=O)CCC/C=C\C[C@@H]2[C@@H](CC[C@@H](O)CCc3ccccc3)[C@H](O)C[C@@H]2O)c1COC(=O)N(CCC#C)C(C)=O. The van der Waals surface area contributed by atoms with Crippen LogP contribution in [0, 0.1) is 43.4 Å². The Hall–Kier alpha value is -5.54. The summed E-state index contributed by atoms with van der Waals surface area (Å²) in [6.45, 7) is 2.87. The van der Waals surface area contributed by atoms with Crippen molar-refractivity contribution in [3.8, 4) is 30.4 Å². The molecule has 318 valence electrons. The third-order valence-corrected chi connectivity index (χ3v) is 10.3. The van der Waals surface area contributed by atoms with Gasteiger partial charge in [-0.05, 0) is 75.7 Å². The Kier molecular flexibility index (Phi) is 20.3. The fraction of sp³-hybridized carbons (Fsp3) is 0.511. The molecule has 3 rings (SSSR count). The molecule has 0 spiro atoms. The lowest BCUT2D eigenvalue weighted by molar-refractivity contribution is -0.134. The zero-order valence-corrected chi connectivity index (χ0v) is 34.2. The van der Waals surface area contributed by atoms with Crippen molar-refractivity contribution < 1.29 is 53.5 Å². The summed E-state index contributed by atoms with van der Waals surface area (Å²) >= 11 is 0. The molecule has 5 atom stereocenters. The summed E-state index contributed by atoms with van der Waals surface area (Å²) in [7, 11) is 0. The zero-order chi connectivity index (χ0) is 43.3. The van der Waals surface area contributed by atoms with Gasteiger partial charge in [-0.1, -0.05) is 42.5 Å². The highest BCUT2D eigenvalue weighted by Crippen LogP contribution is 2.38. The second kappa shape index (κ2) is 25.1. The Morgan fingerprint density at radius 2 is 1.51 bits per heavy atom. The molecule has 59 heavy (non-hydrogen) atoms. The number of hydrogen-bond acceptors (Lipinski definition) is 12. The number of nitrogens with zero attached hydrogens (tertiary/aromatic N) is 3. The minimum absolute atomic E-state index is 0.00341. The van der Waals surface area contributed by atoms with E-state index in [0.29, 0.717) is 44.9 Å². The molecule has 0 saturated heterocycles. The molecule has 1 fully saturated rings. The van der Waals surface area contributed by atoms with Crippen LogP contribution in [0.3, 0.4) is 0 Å². The van der Waals surface area contributed by atoms with E-state index < -0.39 is 61.5 Å². The summed E-state index contributed by atoms with van der Waals surface area (Å²) in [5.74, 6) is 2.61. The molecule has 0 bridgehead atoms. The minimum Gasteiger partial charge on any atom is -0.444 e. The summed E-state index contributed by atoms with van der Waals surface area (Å²) in [6.07, 6.45) is 16.5. The number of allylic oxidation sites excluding steroid dienone is 2. The van der Waals surface area contributed by atoms with Crippen molar-refractivity contribution in [1.29, 1.82) is 0 Å². The number of benzene rings is 1. The first kappa shape index (κ1) is 47.8. The van der Waals surface area contributed by atoms with Crippen molar-refractivity contribution in [2.24, 2.45) is 11.8 Å². The molecule has 1 saturated carbocycles. The molecule has 2 aromatic rings. The second-order valence-electron chi connectivity index (χ2n) is 14.6. The number of aliphatic hydroxyl groups excluding tert-OH is 3. The Bertz CT molecular complexity index is 1830. The van der Waals surface area contributed by atoms with Gasteiger partial charge in [0, 0.05) is 63.5 Å². The third-order valence-electron chi connectivity index (χ3n) is 10.3. The first-order valence-corrected chi connectivity index (χ1v) is 19.9. The molecule has 0 unspecified atom stereocenters. The van der Waals surface area contributed by atoms with Crippen LogP contribution in [0.2, 0.25) is 0 Å². The summed E-state index contributed by atoms with van der Waals surface area (Å²) in [6, 6.07) is 9.95. The van der Waals surface area contributed by atoms with Gasteiger partial charge in [-0.15, -0.1) is 24.7 Å². The van der Waals surface area contributed by atoms with Gasteiger partial charge in [0.25, 0.3) is 0 Å². The normalized spacial score (nSPS) is 17.7. The third kappa shape index (κ3) is 15.6. The van der Waals surface area contributed by atoms with Gasteiger partial charge >= 0.3 is 18.2 Å². The van der Waals surface area contributed by atoms with Gasteiger partial charge in [0.1, 0.15) is 13.2 Å². The van der Waals surface area contributed by atoms with Gasteiger partial charge in [0.15, 0.2) is 5.75 Å². The quantitative estimate of drug-likeness (QED) is 0.0616. The molecule has 1 aliphatic rings. The molecule has 14 heteroatoms. The van der Waals surface area contributed by atoms with Crippen LogP contribution in [0.4, 0.5) is 9.59 Å². The molecule has 4 amide bonds.